The van der Waals surface area contributed by atoms with Gasteiger partial charge in [0.1, 0.15) is 5.75 Å². The van der Waals surface area contributed by atoms with Crippen molar-refractivity contribution < 1.29 is 19.4 Å². The van der Waals surface area contributed by atoms with Crippen LogP contribution >= 0.6 is 0 Å². The van der Waals surface area contributed by atoms with Crippen LogP contribution in [0.1, 0.15) is 23.2 Å². The van der Waals surface area contributed by atoms with Crippen molar-refractivity contribution in [2.75, 3.05) is 39.5 Å². The lowest BCUT2D eigenvalue weighted by atomic mass is 10.2. The largest absolute Gasteiger partial charge is 0.494 e. The van der Waals surface area contributed by atoms with E-state index in [1.54, 1.807) is 24.3 Å². The fourth-order valence-corrected chi connectivity index (χ4v) is 2.15. The highest BCUT2D eigenvalue weighted by Gasteiger charge is 2.09. The van der Waals surface area contributed by atoms with Crippen molar-refractivity contribution in [1.82, 2.24) is 4.90 Å². The minimum atomic E-state index is -0.915. The molecule has 1 aromatic carbocycles. The van der Waals surface area contributed by atoms with E-state index in [2.05, 4.69) is 4.90 Å². The molecule has 0 bridgehead atoms. The molecule has 1 fully saturated rings. The van der Waals surface area contributed by atoms with Crippen molar-refractivity contribution >= 4 is 5.97 Å². The molecule has 0 unspecified atom stereocenters. The molecule has 5 heteroatoms. The molecule has 1 heterocycles. The standard InChI is InChI=1S/C15H21NO4/c17-15(18)13-3-5-14(6-4-13)20-10-2-1-7-16-8-11-19-12-9-16/h3-6H,1-2,7-12H2,(H,17,18). The number of hydrogen-bond acceptors (Lipinski definition) is 4. The van der Waals surface area contributed by atoms with Crippen LogP contribution in [-0.2, 0) is 4.74 Å². The van der Waals surface area contributed by atoms with Crippen LogP contribution in [0.5, 0.6) is 5.75 Å². The molecule has 1 aromatic rings. The van der Waals surface area contributed by atoms with Crippen LogP contribution in [0.15, 0.2) is 24.3 Å². The highest BCUT2D eigenvalue weighted by atomic mass is 16.5. The third kappa shape index (κ3) is 4.83. The molecule has 0 atom stereocenters. The number of carboxylic acid groups (broad SMARTS) is 1. The summed E-state index contributed by atoms with van der Waals surface area (Å²) in [5, 5.41) is 8.79. The van der Waals surface area contributed by atoms with E-state index < -0.39 is 5.97 Å². The number of unbranched alkanes of at least 4 members (excludes halogenated alkanes) is 1. The Balaban J connectivity index is 1.59. The quantitative estimate of drug-likeness (QED) is 0.772. The summed E-state index contributed by atoms with van der Waals surface area (Å²) in [5.41, 5.74) is 0.282. The Morgan fingerprint density at radius 2 is 1.90 bits per heavy atom. The Morgan fingerprint density at radius 1 is 1.20 bits per heavy atom. The third-order valence-electron chi connectivity index (χ3n) is 3.34. The van der Waals surface area contributed by atoms with Gasteiger partial charge in [-0.1, -0.05) is 0 Å². The van der Waals surface area contributed by atoms with Gasteiger partial charge in [0.2, 0.25) is 0 Å². The number of morpholine rings is 1. The van der Waals surface area contributed by atoms with Crippen LogP contribution < -0.4 is 4.74 Å². The maximum atomic E-state index is 10.7. The first kappa shape index (κ1) is 14.8. The zero-order valence-electron chi connectivity index (χ0n) is 11.6. The number of hydrogen-bond donors (Lipinski definition) is 1. The van der Waals surface area contributed by atoms with Gasteiger partial charge in [0.15, 0.2) is 0 Å². The summed E-state index contributed by atoms with van der Waals surface area (Å²) < 4.78 is 10.9. The van der Waals surface area contributed by atoms with E-state index in [-0.39, 0.29) is 5.56 Å². The Morgan fingerprint density at radius 3 is 2.55 bits per heavy atom. The van der Waals surface area contributed by atoms with Gasteiger partial charge in [-0.25, -0.2) is 4.79 Å². The lowest BCUT2D eigenvalue weighted by Crippen LogP contribution is -2.36. The van der Waals surface area contributed by atoms with Crippen molar-refractivity contribution in [2.45, 2.75) is 12.8 Å². The summed E-state index contributed by atoms with van der Waals surface area (Å²) in [6.07, 6.45) is 2.10. The Bertz CT molecular complexity index is 412. The Labute approximate surface area is 119 Å². The predicted octanol–water partition coefficient (Wildman–Crippen LogP) is 1.88. The smallest absolute Gasteiger partial charge is 0.335 e. The van der Waals surface area contributed by atoms with Gasteiger partial charge in [-0.3, -0.25) is 4.90 Å². The van der Waals surface area contributed by atoms with Crippen LogP contribution in [0.3, 0.4) is 0 Å². The van der Waals surface area contributed by atoms with E-state index >= 15 is 0 Å². The first-order valence-electron chi connectivity index (χ1n) is 7.02. The molecule has 0 spiro atoms. The first-order chi connectivity index (χ1) is 9.75. The molecular formula is C15H21NO4. The average Bonchev–Trinajstić information content (AvgIpc) is 2.48. The van der Waals surface area contributed by atoms with Crippen LogP contribution in [0, 0.1) is 0 Å². The van der Waals surface area contributed by atoms with Crippen molar-refractivity contribution in [2.24, 2.45) is 0 Å². The maximum absolute atomic E-state index is 10.7. The lowest BCUT2D eigenvalue weighted by Gasteiger charge is -2.26. The van der Waals surface area contributed by atoms with E-state index in [1.165, 1.54) is 0 Å². The van der Waals surface area contributed by atoms with Gasteiger partial charge in [0.25, 0.3) is 0 Å². The summed E-state index contributed by atoms with van der Waals surface area (Å²) in [6.45, 7) is 5.48. The fraction of sp³-hybridized carbons (Fsp3) is 0.533. The Kier molecular flexibility index (Phi) is 5.83. The number of ether oxygens (including phenoxy) is 2. The first-order valence-corrected chi connectivity index (χ1v) is 7.02. The highest BCUT2D eigenvalue weighted by molar-refractivity contribution is 5.87. The molecule has 1 aliphatic heterocycles. The van der Waals surface area contributed by atoms with Crippen molar-refractivity contribution in [1.29, 1.82) is 0 Å². The molecule has 0 aromatic heterocycles. The van der Waals surface area contributed by atoms with Crippen LogP contribution in [-0.4, -0.2) is 55.4 Å². The van der Waals surface area contributed by atoms with Crippen LogP contribution in [0.25, 0.3) is 0 Å². The molecule has 0 amide bonds. The normalized spacial score (nSPS) is 16.0. The number of aromatic carboxylic acids is 1. The van der Waals surface area contributed by atoms with Gasteiger partial charge in [-0.15, -0.1) is 0 Å². The summed E-state index contributed by atoms with van der Waals surface area (Å²) in [4.78, 5) is 13.1. The second kappa shape index (κ2) is 7.87. The monoisotopic (exact) mass is 279 g/mol. The number of nitrogens with zero attached hydrogens (tertiary/aromatic N) is 1. The highest BCUT2D eigenvalue weighted by Crippen LogP contribution is 2.12. The van der Waals surface area contributed by atoms with Gasteiger partial charge in [-0.05, 0) is 43.7 Å². The van der Waals surface area contributed by atoms with Gasteiger partial charge < -0.3 is 14.6 Å². The second-order valence-corrected chi connectivity index (χ2v) is 4.84. The molecule has 1 N–H and O–H groups in total. The fourth-order valence-electron chi connectivity index (χ4n) is 2.15. The van der Waals surface area contributed by atoms with Gasteiger partial charge >= 0.3 is 5.97 Å². The molecule has 5 nitrogen and oxygen atoms in total. The van der Waals surface area contributed by atoms with Crippen LogP contribution in [0.4, 0.5) is 0 Å². The van der Waals surface area contributed by atoms with E-state index in [4.69, 9.17) is 14.6 Å². The SMILES string of the molecule is O=C(O)c1ccc(OCCCCN2CCOCC2)cc1. The van der Waals surface area contributed by atoms with Gasteiger partial charge in [0, 0.05) is 13.1 Å². The topological polar surface area (TPSA) is 59.0 Å². The number of benzene rings is 1. The summed E-state index contributed by atoms with van der Waals surface area (Å²) >= 11 is 0. The van der Waals surface area contributed by atoms with Crippen molar-refractivity contribution in [3.8, 4) is 5.75 Å². The number of rotatable bonds is 7. The molecule has 0 radical (unpaired) electrons. The summed E-state index contributed by atoms with van der Waals surface area (Å²) in [7, 11) is 0. The van der Waals surface area contributed by atoms with E-state index in [9.17, 15) is 4.79 Å². The molecule has 2 rings (SSSR count). The number of carbonyl (C=O) groups is 1. The zero-order valence-corrected chi connectivity index (χ0v) is 11.6. The summed E-state index contributed by atoms with van der Waals surface area (Å²) in [6, 6.07) is 6.52. The van der Waals surface area contributed by atoms with Gasteiger partial charge in [0.05, 0.1) is 25.4 Å². The van der Waals surface area contributed by atoms with Crippen LogP contribution in [0.2, 0.25) is 0 Å². The molecule has 0 aliphatic carbocycles. The molecule has 20 heavy (non-hydrogen) atoms. The minimum Gasteiger partial charge on any atom is -0.494 e. The van der Waals surface area contributed by atoms with E-state index in [0.717, 1.165) is 51.4 Å². The van der Waals surface area contributed by atoms with E-state index in [0.29, 0.717) is 6.61 Å². The molecule has 0 saturated carbocycles. The Hall–Kier alpha value is -1.59. The minimum absolute atomic E-state index is 0.282. The van der Waals surface area contributed by atoms with Crippen molar-refractivity contribution in [3.05, 3.63) is 29.8 Å². The number of carboxylic acids is 1. The van der Waals surface area contributed by atoms with E-state index in [1.807, 2.05) is 0 Å². The van der Waals surface area contributed by atoms with Gasteiger partial charge in [-0.2, -0.15) is 0 Å². The molecule has 1 saturated heterocycles. The molecular weight excluding hydrogens is 258 g/mol. The average molecular weight is 279 g/mol. The van der Waals surface area contributed by atoms with Crippen molar-refractivity contribution in [3.63, 3.8) is 0 Å². The molecule has 110 valence electrons. The second-order valence-electron chi connectivity index (χ2n) is 4.84. The molecule has 1 aliphatic rings. The zero-order chi connectivity index (χ0) is 14.2. The summed E-state index contributed by atoms with van der Waals surface area (Å²) in [5.74, 6) is -0.191. The lowest BCUT2D eigenvalue weighted by molar-refractivity contribution is 0.0368. The predicted molar refractivity (Wildman–Crippen MR) is 75.4 cm³/mol. The maximum Gasteiger partial charge on any atom is 0.335 e. The third-order valence-corrected chi connectivity index (χ3v) is 3.34.